The molecular formula is C16H17FN2O. The van der Waals surface area contributed by atoms with E-state index in [-0.39, 0.29) is 11.7 Å². The van der Waals surface area contributed by atoms with Crippen molar-refractivity contribution in [3.8, 4) is 0 Å². The summed E-state index contributed by atoms with van der Waals surface area (Å²) in [6, 6.07) is 13.3. The average Bonchev–Trinajstić information content (AvgIpc) is 2.47. The smallest absolute Gasteiger partial charge is 0.258 e. The SMILES string of the molecule is CN(C(=O)c1ccc(CCN)cc1)c1cccc(F)c1. The van der Waals surface area contributed by atoms with Crippen LogP contribution in [0.25, 0.3) is 0 Å². The van der Waals surface area contributed by atoms with E-state index < -0.39 is 0 Å². The van der Waals surface area contributed by atoms with E-state index in [0.717, 1.165) is 12.0 Å². The first-order valence-electron chi connectivity index (χ1n) is 6.44. The summed E-state index contributed by atoms with van der Waals surface area (Å²) in [6.45, 7) is 0.580. The maximum Gasteiger partial charge on any atom is 0.258 e. The lowest BCUT2D eigenvalue weighted by Gasteiger charge is -2.17. The van der Waals surface area contributed by atoms with E-state index >= 15 is 0 Å². The number of rotatable bonds is 4. The molecule has 0 spiro atoms. The number of nitrogens with two attached hydrogens (primary N) is 1. The lowest BCUT2D eigenvalue weighted by atomic mass is 10.1. The Morgan fingerprint density at radius 1 is 1.20 bits per heavy atom. The predicted molar refractivity (Wildman–Crippen MR) is 78.3 cm³/mol. The fourth-order valence-corrected chi connectivity index (χ4v) is 1.98. The van der Waals surface area contributed by atoms with Crippen molar-refractivity contribution >= 4 is 11.6 Å². The molecule has 0 unspecified atom stereocenters. The van der Waals surface area contributed by atoms with Gasteiger partial charge in [-0.3, -0.25) is 4.79 Å². The number of benzene rings is 2. The lowest BCUT2D eigenvalue weighted by molar-refractivity contribution is 0.0993. The van der Waals surface area contributed by atoms with Gasteiger partial charge in [-0.05, 0) is 48.9 Å². The van der Waals surface area contributed by atoms with Gasteiger partial charge < -0.3 is 10.6 Å². The number of hydrogen-bond acceptors (Lipinski definition) is 2. The van der Waals surface area contributed by atoms with Crippen LogP contribution >= 0.6 is 0 Å². The highest BCUT2D eigenvalue weighted by Crippen LogP contribution is 2.17. The van der Waals surface area contributed by atoms with Gasteiger partial charge in [-0.25, -0.2) is 4.39 Å². The van der Waals surface area contributed by atoms with Crippen molar-refractivity contribution in [2.24, 2.45) is 5.73 Å². The van der Waals surface area contributed by atoms with Crippen LogP contribution in [0.3, 0.4) is 0 Å². The molecule has 3 nitrogen and oxygen atoms in total. The summed E-state index contributed by atoms with van der Waals surface area (Å²) in [6.07, 6.45) is 0.786. The molecule has 2 rings (SSSR count). The van der Waals surface area contributed by atoms with Gasteiger partial charge in [0.1, 0.15) is 5.82 Å². The first kappa shape index (κ1) is 14.2. The van der Waals surface area contributed by atoms with Gasteiger partial charge in [0.05, 0.1) is 0 Å². The Hall–Kier alpha value is -2.20. The molecule has 0 saturated carbocycles. The summed E-state index contributed by atoms with van der Waals surface area (Å²) in [4.78, 5) is 13.7. The first-order chi connectivity index (χ1) is 9.61. The van der Waals surface area contributed by atoms with Gasteiger partial charge >= 0.3 is 0 Å². The number of nitrogens with zero attached hydrogens (tertiary/aromatic N) is 1. The zero-order valence-electron chi connectivity index (χ0n) is 11.3. The van der Waals surface area contributed by atoms with Gasteiger partial charge in [-0.2, -0.15) is 0 Å². The highest BCUT2D eigenvalue weighted by atomic mass is 19.1. The molecule has 0 bridgehead atoms. The van der Waals surface area contributed by atoms with Crippen LogP contribution in [0.5, 0.6) is 0 Å². The molecule has 0 radical (unpaired) electrons. The third kappa shape index (κ3) is 3.22. The Morgan fingerprint density at radius 3 is 2.50 bits per heavy atom. The van der Waals surface area contributed by atoms with Gasteiger partial charge in [-0.1, -0.05) is 18.2 Å². The topological polar surface area (TPSA) is 46.3 Å². The van der Waals surface area contributed by atoms with E-state index in [1.54, 1.807) is 31.3 Å². The molecule has 0 fully saturated rings. The Morgan fingerprint density at radius 2 is 1.90 bits per heavy atom. The van der Waals surface area contributed by atoms with Crippen LogP contribution in [-0.4, -0.2) is 19.5 Å². The molecule has 2 N–H and O–H groups in total. The van der Waals surface area contributed by atoms with Crippen LogP contribution in [-0.2, 0) is 6.42 Å². The third-order valence-corrected chi connectivity index (χ3v) is 3.13. The van der Waals surface area contributed by atoms with Crippen LogP contribution in [0.2, 0.25) is 0 Å². The normalized spacial score (nSPS) is 10.3. The van der Waals surface area contributed by atoms with E-state index in [0.29, 0.717) is 17.8 Å². The van der Waals surface area contributed by atoms with Gasteiger partial charge in [0.2, 0.25) is 0 Å². The Balaban J connectivity index is 2.18. The van der Waals surface area contributed by atoms with Crippen molar-refractivity contribution in [1.29, 1.82) is 0 Å². The molecular weight excluding hydrogens is 255 g/mol. The monoisotopic (exact) mass is 272 g/mol. The van der Waals surface area contributed by atoms with Crippen LogP contribution < -0.4 is 10.6 Å². The lowest BCUT2D eigenvalue weighted by Crippen LogP contribution is -2.26. The molecule has 1 amide bonds. The summed E-state index contributed by atoms with van der Waals surface area (Å²) in [7, 11) is 1.63. The molecule has 0 aliphatic heterocycles. The standard InChI is InChI=1S/C16H17FN2O/c1-19(15-4-2-3-14(17)11-15)16(20)13-7-5-12(6-8-13)9-10-18/h2-8,11H,9-10,18H2,1H3. The van der Waals surface area contributed by atoms with Crippen molar-refractivity contribution in [2.45, 2.75) is 6.42 Å². The molecule has 4 heteroatoms. The highest BCUT2D eigenvalue weighted by Gasteiger charge is 2.13. The summed E-state index contributed by atoms with van der Waals surface area (Å²) >= 11 is 0. The van der Waals surface area contributed by atoms with Crippen molar-refractivity contribution in [1.82, 2.24) is 0 Å². The van der Waals surface area contributed by atoms with E-state index in [2.05, 4.69) is 0 Å². The highest BCUT2D eigenvalue weighted by molar-refractivity contribution is 6.05. The maximum atomic E-state index is 13.2. The summed E-state index contributed by atoms with van der Waals surface area (Å²) < 4.78 is 13.2. The van der Waals surface area contributed by atoms with Crippen molar-refractivity contribution in [2.75, 3.05) is 18.5 Å². The Bertz CT molecular complexity index is 596. The van der Waals surface area contributed by atoms with E-state index in [4.69, 9.17) is 5.73 Å². The summed E-state index contributed by atoms with van der Waals surface area (Å²) in [5, 5.41) is 0. The number of amides is 1. The minimum absolute atomic E-state index is 0.171. The zero-order valence-corrected chi connectivity index (χ0v) is 11.3. The number of halogens is 1. The molecule has 0 atom stereocenters. The fourth-order valence-electron chi connectivity index (χ4n) is 1.98. The predicted octanol–water partition coefficient (Wildman–Crippen LogP) is 2.60. The third-order valence-electron chi connectivity index (χ3n) is 3.13. The van der Waals surface area contributed by atoms with E-state index in [1.165, 1.54) is 17.0 Å². The molecule has 0 aromatic heterocycles. The number of hydrogen-bond donors (Lipinski definition) is 1. The molecule has 0 heterocycles. The molecule has 0 saturated heterocycles. The van der Waals surface area contributed by atoms with Gasteiger partial charge in [-0.15, -0.1) is 0 Å². The molecule has 2 aromatic rings. The fraction of sp³-hybridized carbons (Fsp3) is 0.188. The second kappa shape index (κ2) is 6.30. The van der Waals surface area contributed by atoms with Crippen molar-refractivity contribution in [3.63, 3.8) is 0 Å². The molecule has 104 valence electrons. The van der Waals surface area contributed by atoms with Crippen molar-refractivity contribution in [3.05, 3.63) is 65.5 Å². The molecule has 2 aromatic carbocycles. The molecule has 0 aliphatic carbocycles. The molecule has 20 heavy (non-hydrogen) atoms. The first-order valence-corrected chi connectivity index (χ1v) is 6.44. The maximum absolute atomic E-state index is 13.2. The summed E-state index contributed by atoms with van der Waals surface area (Å²) in [5.74, 6) is -0.532. The Labute approximate surface area is 117 Å². The van der Waals surface area contributed by atoms with Crippen LogP contribution in [0, 0.1) is 5.82 Å². The quantitative estimate of drug-likeness (QED) is 0.930. The largest absolute Gasteiger partial charge is 0.330 e. The van der Waals surface area contributed by atoms with Gasteiger partial charge in [0, 0.05) is 18.3 Å². The second-order valence-corrected chi connectivity index (χ2v) is 4.58. The van der Waals surface area contributed by atoms with Gasteiger partial charge in [0.25, 0.3) is 5.91 Å². The minimum atomic E-state index is -0.361. The van der Waals surface area contributed by atoms with Crippen LogP contribution in [0.15, 0.2) is 48.5 Å². The van der Waals surface area contributed by atoms with Crippen LogP contribution in [0.4, 0.5) is 10.1 Å². The van der Waals surface area contributed by atoms with Gasteiger partial charge in [0.15, 0.2) is 0 Å². The number of anilines is 1. The molecule has 0 aliphatic rings. The number of carbonyl (C=O) groups excluding carboxylic acids is 1. The minimum Gasteiger partial charge on any atom is -0.330 e. The average molecular weight is 272 g/mol. The Kier molecular flexibility index (Phi) is 4.48. The van der Waals surface area contributed by atoms with E-state index in [1.807, 2.05) is 12.1 Å². The van der Waals surface area contributed by atoms with E-state index in [9.17, 15) is 9.18 Å². The summed E-state index contributed by atoms with van der Waals surface area (Å²) in [5.41, 5.74) is 7.68. The van der Waals surface area contributed by atoms with Crippen LogP contribution in [0.1, 0.15) is 15.9 Å². The number of carbonyl (C=O) groups is 1. The second-order valence-electron chi connectivity index (χ2n) is 4.58. The van der Waals surface area contributed by atoms with Crippen molar-refractivity contribution < 1.29 is 9.18 Å². The zero-order chi connectivity index (χ0) is 14.5.